The Morgan fingerprint density at radius 3 is 2.65 bits per heavy atom. The molecular formula is C14H22FN3O2. The summed E-state index contributed by atoms with van der Waals surface area (Å²) in [5.41, 5.74) is 0.806. The number of halogens is 1. The lowest BCUT2D eigenvalue weighted by atomic mass is 10.1. The fourth-order valence-electron chi connectivity index (χ4n) is 1.88. The first-order valence-electron chi connectivity index (χ1n) is 6.47. The predicted molar refractivity (Wildman–Crippen MR) is 75.9 cm³/mol. The number of carbonyl (C=O) groups is 1. The van der Waals surface area contributed by atoms with Gasteiger partial charge in [-0.1, -0.05) is 12.1 Å². The fraction of sp³-hybridized carbons (Fsp3) is 0.500. The number of urea groups is 1. The summed E-state index contributed by atoms with van der Waals surface area (Å²) >= 11 is 0. The molecule has 20 heavy (non-hydrogen) atoms. The summed E-state index contributed by atoms with van der Waals surface area (Å²) in [6.07, 6.45) is 0. The second-order valence-corrected chi connectivity index (χ2v) is 4.87. The van der Waals surface area contributed by atoms with Crippen molar-refractivity contribution in [1.29, 1.82) is 0 Å². The molecule has 1 aromatic carbocycles. The molecule has 0 fully saturated rings. The summed E-state index contributed by atoms with van der Waals surface area (Å²) in [6, 6.07) is 5.97. The van der Waals surface area contributed by atoms with E-state index in [2.05, 4.69) is 5.32 Å². The Kier molecular flexibility index (Phi) is 6.41. The van der Waals surface area contributed by atoms with Crippen LogP contribution < -0.4 is 5.32 Å². The Hall–Kier alpha value is -1.66. The Morgan fingerprint density at radius 1 is 1.40 bits per heavy atom. The van der Waals surface area contributed by atoms with Gasteiger partial charge in [0.1, 0.15) is 5.82 Å². The molecule has 0 aliphatic rings. The molecule has 0 aliphatic carbocycles. The van der Waals surface area contributed by atoms with Gasteiger partial charge in [0.2, 0.25) is 0 Å². The van der Waals surface area contributed by atoms with Crippen LogP contribution in [0.4, 0.5) is 9.18 Å². The van der Waals surface area contributed by atoms with E-state index >= 15 is 0 Å². The zero-order chi connectivity index (χ0) is 15.1. The monoisotopic (exact) mass is 283 g/mol. The van der Waals surface area contributed by atoms with Gasteiger partial charge < -0.3 is 20.2 Å². The zero-order valence-electron chi connectivity index (χ0n) is 12.1. The van der Waals surface area contributed by atoms with Crippen molar-refractivity contribution in [2.45, 2.75) is 6.04 Å². The van der Waals surface area contributed by atoms with Crippen molar-refractivity contribution in [2.75, 3.05) is 40.8 Å². The van der Waals surface area contributed by atoms with Gasteiger partial charge in [-0.2, -0.15) is 0 Å². The van der Waals surface area contributed by atoms with E-state index in [0.29, 0.717) is 6.54 Å². The second-order valence-electron chi connectivity index (χ2n) is 4.87. The van der Waals surface area contributed by atoms with Crippen LogP contribution in [0.1, 0.15) is 11.6 Å². The number of aliphatic hydroxyl groups is 1. The largest absolute Gasteiger partial charge is 0.395 e. The van der Waals surface area contributed by atoms with Gasteiger partial charge in [-0.25, -0.2) is 9.18 Å². The van der Waals surface area contributed by atoms with Crippen LogP contribution >= 0.6 is 0 Å². The molecular weight excluding hydrogens is 261 g/mol. The maximum Gasteiger partial charge on any atom is 0.317 e. The smallest absolute Gasteiger partial charge is 0.317 e. The van der Waals surface area contributed by atoms with Crippen molar-refractivity contribution in [2.24, 2.45) is 0 Å². The normalized spacial score (nSPS) is 12.3. The van der Waals surface area contributed by atoms with Crippen molar-refractivity contribution in [3.63, 3.8) is 0 Å². The minimum atomic E-state index is -0.293. The highest BCUT2D eigenvalue weighted by atomic mass is 19.1. The van der Waals surface area contributed by atoms with Gasteiger partial charge in [0.25, 0.3) is 0 Å². The standard InChI is InChI=1S/C14H22FN3O2/c1-17(2)13(11-5-4-6-12(15)9-11)10-16-14(20)18(3)7-8-19/h4-6,9,13,19H,7-8,10H2,1-3H3,(H,16,20). The van der Waals surface area contributed by atoms with Crippen molar-refractivity contribution in [3.05, 3.63) is 35.6 Å². The van der Waals surface area contributed by atoms with E-state index in [9.17, 15) is 9.18 Å². The van der Waals surface area contributed by atoms with Crippen LogP contribution in [-0.4, -0.2) is 61.8 Å². The van der Waals surface area contributed by atoms with Crippen LogP contribution in [0.2, 0.25) is 0 Å². The molecule has 0 bridgehead atoms. The Bertz CT molecular complexity index is 440. The van der Waals surface area contributed by atoms with Crippen LogP contribution in [0, 0.1) is 5.82 Å². The summed E-state index contributed by atoms with van der Waals surface area (Å²) in [7, 11) is 5.36. The molecule has 1 atom stereocenters. The average Bonchev–Trinajstić information content (AvgIpc) is 2.38. The highest BCUT2D eigenvalue weighted by molar-refractivity contribution is 5.73. The first-order valence-corrected chi connectivity index (χ1v) is 6.47. The number of rotatable bonds is 6. The summed E-state index contributed by atoms with van der Waals surface area (Å²) in [6.45, 7) is 0.564. The number of nitrogens with one attached hydrogen (secondary N) is 1. The first-order chi connectivity index (χ1) is 9.45. The molecule has 1 rings (SSSR count). The van der Waals surface area contributed by atoms with E-state index in [0.717, 1.165) is 5.56 Å². The van der Waals surface area contributed by atoms with Crippen molar-refractivity contribution >= 4 is 6.03 Å². The van der Waals surface area contributed by atoms with E-state index < -0.39 is 0 Å². The van der Waals surface area contributed by atoms with Gasteiger partial charge >= 0.3 is 6.03 Å². The molecule has 2 N–H and O–H groups in total. The molecule has 1 unspecified atom stereocenters. The maximum absolute atomic E-state index is 13.3. The van der Waals surface area contributed by atoms with E-state index in [1.807, 2.05) is 25.1 Å². The number of benzene rings is 1. The van der Waals surface area contributed by atoms with Crippen molar-refractivity contribution in [3.8, 4) is 0 Å². The maximum atomic E-state index is 13.3. The molecule has 112 valence electrons. The number of amides is 2. The number of hydrogen-bond donors (Lipinski definition) is 2. The summed E-state index contributed by atoms with van der Waals surface area (Å²) in [5.74, 6) is -0.293. The molecule has 0 aromatic heterocycles. The molecule has 0 heterocycles. The minimum absolute atomic E-state index is 0.0784. The van der Waals surface area contributed by atoms with Gasteiger partial charge in [-0.3, -0.25) is 0 Å². The molecule has 2 amide bonds. The van der Waals surface area contributed by atoms with Crippen LogP contribution in [0.3, 0.4) is 0 Å². The number of carbonyl (C=O) groups excluding carboxylic acids is 1. The lowest BCUT2D eigenvalue weighted by molar-refractivity contribution is 0.186. The number of aliphatic hydroxyl groups excluding tert-OH is 1. The molecule has 5 nitrogen and oxygen atoms in total. The van der Waals surface area contributed by atoms with Crippen molar-refractivity contribution in [1.82, 2.24) is 15.1 Å². The fourth-order valence-corrected chi connectivity index (χ4v) is 1.88. The lowest BCUT2D eigenvalue weighted by Gasteiger charge is -2.26. The third-order valence-corrected chi connectivity index (χ3v) is 3.09. The second kappa shape index (κ2) is 7.81. The van der Waals surface area contributed by atoms with Gasteiger partial charge in [0, 0.05) is 20.1 Å². The van der Waals surface area contributed by atoms with Crippen LogP contribution in [0.5, 0.6) is 0 Å². The number of likely N-dealkylation sites (N-methyl/N-ethyl adjacent to an activating group) is 2. The SMILES string of the molecule is CN(CCO)C(=O)NCC(c1cccc(F)c1)N(C)C. The number of nitrogens with zero attached hydrogens (tertiary/aromatic N) is 2. The minimum Gasteiger partial charge on any atom is -0.395 e. The summed E-state index contributed by atoms with van der Waals surface area (Å²) in [4.78, 5) is 15.1. The Labute approximate surface area is 119 Å². The third kappa shape index (κ3) is 4.79. The lowest BCUT2D eigenvalue weighted by Crippen LogP contribution is -2.42. The van der Waals surface area contributed by atoms with Crippen LogP contribution in [0.15, 0.2) is 24.3 Å². The predicted octanol–water partition coefficient (Wildman–Crippen LogP) is 1.06. The molecule has 1 aromatic rings. The molecule has 0 saturated heterocycles. The highest BCUT2D eigenvalue weighted by Gasteiger charge is 2.17. The van der Waals surface area contributed by atoms with E-state index in [4.69, 9.17) is 5.11 Å². The molecule has 0 aliphatic heterocycles. The summed E-state index contributed by atoms with van der Waals surface area (Å²) < 4.78 is 13.3. The summed E-state index contributed by atoms with van der Waals surface area (Å²) in [5, 5.41) is 11.6. The molecule has 0 saturated carbocycles. The molecule has 0 radical (unpaired) electrons. The van der Waals surface area contributed by atoms with E-state index in [1.165, 1.54) is 17.0 Å². The van der Waals surface area contributed by atoms with Gasteiger partial charge in [-0.05, 0) is 31.8 Å². The van der Waals surface area contributed by atoms with Gasteiger partial charge in [0.15, 0.2) is 0 Å². The van der Waals surface area contributed by atoms with Crippen LogP contribution in [-0.2, 0) is 0 Å². The number of hydrogen-bond acceptors (Lipinski definition) is 3. The quantitative estimate of drug-likeness (QED) is 0.821. The first kappa shape index (κ1) is 16.4. The molecule has 0 spiro atoms. The highest BCUT2D eigenvalue weighted by Crippen LogP contribution is 2.18. The van der Waals surface area contributed by atoms with Crippen molar-refractivity contribution < 1.29 is 14.3 Å². The zero-order valence-corrected chi connectivity index (χ0v) is 12.1. The Balaban J connectivity index is 2.67. The van der Waals surface area contributed by atoms with Gasteiger partial charge in [0.05, 0.1) is 12.6 Å². The molecule has 6 heteroatoms. The Morgan fingerprint density at radius 2 is 2.10 bits per heavy atom. The average molecular weight is 283 g/mol. The van der Waals surface area contributed by atoms with E-state index in [-0.39, 0.29) is 31.0 Å². The topological polar surface area (TPSA) is 55.8 Å². The van der Waals surface area contributed by atoms with Gasteiger partial charge in [-0.15, -0.1) is 0 Å². The third-order valence-electron chi connectivity index (χ3n) is 3.09. The van der Waals surface area contributed by atoms with E-state index in [1.54, 1.807) is 13.1 Å². The van der Waals surface area contributed by atoms with Crippen LogP contribution in [0.25, 0.3) is 0 Å².